The number of hydrogen-bond acceptors (Lipinski definition) is 3. The predicted molar refractivity (Wildman–Crippen MR) is 72.9 cm³/mol. The lowest BCUT2D eigenvalue weighted by Gasteiger charge is -2.44. The molecule has 3 N–H and O–H groups in total. The molecule has 1 saturated carbocycles. The van der Waals surface area contributed by atoms with Crippen LogP contribution in [0.5, 0.6) is 0 Å². The Balaban J connectivity index is 2.12. The van der Waals surface area contributed by atoms with Crippen molar-refractivity contribution in [3.8, 4) is 0 Å². The summed E-state index contributed by atoms with van der Waals surface area (Å²) >= 11 is 0. The van der Waals surface area contributed by atoms with Gasteiger partial charge < -0.3 is 15.7 Å². The van der Waals surface area contributed by atoms with Crippen molar-refractivity contribution in [2.24, 2.45) is 17.6 Å². The molecule has 102 valence electrons. The van der Waals surface area contributed by atoms with Gasteiger partial charge in [0, 0.05) is 12.6 Å². The van der Waals surface area contributed by atoms with Crippen molar-refractivity contribution in [1.29, 1.82) is 0 Å². The van der Waals surface area contributed by atoms with E-state index in [1.54, 1.807) is 0 Å². The van der Waals surface area contributed by atoms with E-state index in [4.69, 9.17) is 5.73 Å². The van der Waals surface area contributed by atoms with E-state index in [0.29, 0.717) is 12.0 Å². The van der Waals surface area contributed by atoms with Gasteiger partial charge in [-0.1, -0.05) is 6.92 Å². The molecule has 0 saturated heterocycles. The van der Waals surface area contributed by atoms with Crippen LogP contribution in [0.2, 0.25) is 0 Å². The van der Waals surface area contributed by atoms with Crippen LogP contribution < -0.4 is 5.73 Å². The lowest BCUT2D eigenvalue weighted by atomic mass is 9.67. The molecule has 1 fully saturated rings. The summed E-state index contributed by atoms with van der Waals surface area (Å²) in [6, 6.07) is 0.350. The molecular weight excluding hydrogens is 212 g/mol. The lowest BCUT2D eigenvalue weighted by Crippen LogP contribution is -2.44. The molecule has 0 aromatic rings. The first-order valence-corrected chi connectivity index (χ1v) is 6.99. The molecule has 1 unspecified atom stereocenters. The van der Waals surface area contributed by atoms with Crippen LogP contribution in [0.25, 0.3) is 0 Å². The second-order valence-electron chi connectivity index (χ2n) is 6.41. The van der Waals surface area contributed by atoms with Gasteiger partial charge >= 0.3 is 0 Å². The Hall–Kier alpha value is -0.120. The van der Waals surface area contributed by atoms with Crippen LogP contribution in [0, 0.1) is 11.8 Å². The fourth-order valence-electron chi connectivity index (χ4n) is 2.58. The van der Waals surface area contributed by atoms with E-state index in [2.05, 4.69) is 18.9 Å². The van der Waals surface area contributed by atoms with Crippen molar-refractivity contribution in [2.45, 2.75) is 58.1 Å². The zero-order valence-electron chi connectivity index (χ0n) is 11.9. The van der Waals surface area contributed by atoms with Crippen molar-refractivity contribution < 1.29 is 5.11 Å². The molecule has 1 atom stereocenters. The SMILES string of the molecule is CCC(N)CCN(C)CC1CC(C(C)(C)O)C1. The monoisotopic (exact) mass is 242 g/mol. The summed E-state index contributed by atoms with van der Waals surface area (Å²) in [5.74, 6) is 1.27. The summed E-state index contributed by atoms with van der Waals surface area (Å²) in [6.07, 6.45) is 4.51. The first-order chi connectivity index (χ1) is 7.82. The lowest BCUT2D eigenvalue weighted by molar-refractivity contribution is -0.0481. The second-order valence-corrected chi connectivity index (χ2v) is 6.41. The van der Waals surface area contributed by atoms with E-state index in [1.165, 1.54) is 12.8 Å². The fourth-order valence-corrected chi connectivity index (χ4v) is 2.58. The van der Waals surface area contributed by atoms with Crippen LogP contribution in [0.1, 0.15) is 46.5 Å². The molecule has 3 nitrogen and oxygen atoms in total. The van der Waals surface area contributed by atoms with E-state index in [9.17, 15) is 5.11 Å². The van der Waals surface area contributed by atoms with Crippen molar-refractivity contribution >= 4 is 0 Å². The van der Waals surface area contributed by atoms with Crippen molar-refractivity contribution in [2.75, 3.05) is 20.1 Å². The zero-order chi connectivity index (χ0) is 13.1. The summed E-state index contributed by atoms with van der Waals surface area (Å²) in [4.78, 5) is 2.39. The Kier molecular flexibility index (Phi) is 5.42. The first-order valence-electron chi connectivity index (χ1n) is 6.99. The standard InChI is InChI=1S/C14H30N2O/c1-5-13(15)6-7-16(4)10-11-8-12(9-11)14(2,3)17/h11-13,17H,5-10,15H2,1-4H3. The quantitative estimate of drug-likeness (QED) is 0.716. The second kappa shape index (κ2) is 6.17. The molecule has 0 spiro atoms. The van der Waals surface area contributed by atoms with E-state index in [-0.39, 0.29) is 0 Å². The average molecular weight is 242 g/mol. The highest BCUT2D eigenvalue weighted by Crippen LogP contribution is 2.40. The molecule has 0 amide bonds. The summed E-state index contributed by atoms with van der Waals surface area (Å²) in [6.45, 7) is 8.25. The smallest absolute Gasteiger partial charge is 0.0620 e. The largest absolute Gasteiger partial charge is 0.390 e. The van der Waals surface area contributed by atoms with E-state index < -0.39 is 5.60 Å². The molecule has 1 aliphatic carbocycles. The summed E-state index contributed by atoms with van der Waals surface area (Å²) in [5, 5.41) is 9.87. The van der Waals surface area contributed by atoms with Crippen LogP contribution in [0.4, 0.5) is 0 Å². The van der Waals surface area contributed by atoms with Crippen LogP contribution in [-0.2, 0) is 0 Å². The van der Waals surface area contributed by atoms with Gasteiger partial charge in [-0.05, 0) is 65.0 Å². The maximum atomic E-state index is 9.87. The molecular formula is C14H30N2O. The van der Waals surface area contributed by atoms with Gasteiger partial charge in [0.25, 0.3) is 0 Å². The zero-order valence-corrected chi connectivity index (χ0v) is 11.9. The Bertz CT molecular complexity index is 219. The van der Waals surface area contributed by atoms with Crippen LogP contribution in [-0.4, -0.2) is 41.8 Å². The number of nitrogens with zero attached hydrogens (tertiary/aromatic N) is 1. The molecule has 1 rings (SSSR count). The van der Waals surface area contributed by atoms with E-state index in [0.717, 1.165) is 31.8 Å². The van der Waals surface area contributed by atoms with Crippen molar-refractivity contribution in [3.63, 3.8) is 0 Å². The van der Waals surface area contributed by atoms with E-state index in [1.807, 2.05) is 13.8 Å². The Labute approximate surface area is 106 Å². The van der Waals surface area contributed by atoms with E-state index >= 15 is 0 Å². The maximum absolute atomic E-state index is 9.87. The first kappa shape index (κ1) is 14.9. The van der Waals surface area contributed by atoms with Crippen molar-refractivity contribution in [1.82, 2.24) is 4.90 Å². The number of hydrogen-bond donors (Lipinski definition) is 2. The normalized spacial score (nSPS) is 27.0. The minimum absolute atomic E-state index is 0.350. The van der Waals surface area contributed by atoms with Gasteiger partial charge in [-0.3, -0.25) is 0 Å². The number of aliphatic hydroxyl groups is 1. The molecule has 0 aromatic heterocycles. The fraction of sp³-hybridized carbons (Fsp3) is 1.00. The number of nitrogens with two attached hydrogens (primary N) is 1. The summed E-state index contributed by atoms with van der Waals surface area (Å²) < 4.78 is 0. The molecule has 0 radical (unpaired) electrons. The minimum Gasteiger partial charge on any atom is -0.390 e. The van der Waals surface area contributed by atoms with Gasteiger partial charge in [0.1, 0.15) is 0 Å². The maximum Gasteiger partial charge on any atom is 0.0620 e. The molecule has 3 heteroatoms. The van der Waals surface area contributed by atoms with Gasteiger partial charge in [-0.2, -0.15) is 0 Å². The van der Waals surface area contributed by atoms with Crippen LogP contribution in [0.3, 0.4) is 0 Å². The third-order valence-electron chi connectivity index (χ3n) is 4.21. The highest BCUT2D eigenvalue weighted by atomic mass is 16.3. The molecule has 0 aromatic carbocycles. The Morgan fingerprint density at radius 1 is 1.41 bits per heavy atom. The highest BCUT2D eigenvalue weighted by Gasteiger charge is 2.38. The van der Waals surface area contributed by atoms with Gasteiger partial charge in [0.15, 0.2) is 0 Å². The average Bonchev–Trinajstić information content (AvgIpc) is 2.17. The van der Waals surface area contributed by atoms with Crippen LogP contribution >= 0.6 is 0 Å². The highest BCUT2D eigenvalue weighted by molar-refractivity contribution is 4.90. The van der Waals surface area contributed by atoms with Gasteiger partial charge in [0.2, 0.25) is 0 Å². The van der Waals surface area contributed by atoms with Gasteiger partial charge in [0.05, 0.1) is 5.60 Å². The Morgan fingerprint density at radius 2 is 2.00 bits per heavy atom. The molecule has 1 aliphatic rings. The third kappa shape index (κ3) is 4.94. The minimum atomic E-state index is -0.486. The molecule has 0 aliphatic heterocycles. The van der Waals surface area contributed by atoms with Crippen LogP contribution in [0.15, 0.2) is 0 Å². The molecule has 0 bridgehead atoms. The Morgan fingerprint density at radius 3 is 2.47 bits per heavy atom. The van der Waals surface area contributed by atoms with Crippen molar-refractivity contribution in [3.05, 3.63) is 0 Å². The van der Waals surface area contributed by atoms with Gasteiger partial charge in [-0.15, -0.1) is 0 Å². The van der Waals surface area contributed by atoms with Gasteiger partial charge in [-0.25, -0.2) is 0 Å². The number of rotatable bonds is 7. The predicted octanol–water partition coefficient (Wildman–Crippen LogP) is 1.84. The topological polar surface area (TPSA) is 49.5 Å². The molecule has 0 heterocycles. The summed E-state index contributed by atoms with van der Waals surface area (Å²) in [7, 11) is 2.18. The molecule has 17 heavy (non-hydrogen) atoms. The summed E-state index contributed by atoms with van der Waals surface area (Å²) in [5.41, 5.74) is 5.43. The third-order valence-corrected chi connectivity index (χ3v) is 4.21.